The van der Waals surface area contributed by atoms with E-state index in [9.17, 15) is 24.3 Å². The van der Waals surface area contributed by atoms with E-state index in [1.165, 1.54) is 29.4 Å². The van der Waals surface area contributed by atoms with E-state index < -0.39 is 29.2 Å². The monoisotopic (exact) mass is 385 g/mol. The number of carboxylic acids is 2. The van der Waals surface area contributed by atoms with E-state index in [0.717, 1.165) is 4.57 Å². The average molecular weight is 385 g/mol. The van der Waals surface area contributed by atoms with Crippen LogP contribution in [0, 0.1) is 0 Å². The van der Waals surface area contributed by atoms with Crippen LogP contribution in [0.2, 0.25) is 0 Å². The minimum atomic E-state index is -1.22. The van der Waals surface area contributed by atoms with Gasteiger partial charge in [-0.1, -0.05) is 30.3 Å². The summed E-state index contributed by atoms with van der Waals surface area (Å²) in [6, 6.07) is 7.53. The zero-order valence-corrected chi connectivity index (χ0v) is 15.3. The molecule has 146 valence electrons. The van der Waals surface area contributed by atoms with E-state index >= 15 is 0 Å². The lowest BCUT2D eigenvalue weighted by Gasteiger charge is -2.17. The molecule has 0 saturated carbocycles. The van der Waals surface area contributed by atoms with Gasteiger partial charge in [0.1, 0.15) is 6.04 Å². The Kier molecular flexibility index (Phi) is 4.91. The topological polar surface area (TPSA) is 124 Å². The Bertz CT molecular complexity index is 1190. The SMILES string of the molecule is Cn1c(=O)c2c(-c3ccccc3)n([C@@H](CCC(=O)O)C(=O)O)cc2n(C)c1=O. The minimum absolute atomic E-state index is 0.167. The van der Waals surface area contributed by atoms with Crippen LogP contribution in [0.3, 0.4) is 0 Å². The number of fused-ring (bicyclic) bond motifs is 1. The number of rotatable bonds is 6. The zero-order chi connectivity index (χ0) is 20.6. The molecule has 0 bridgehead atoms. The maximum absolute atomic E-state index is 12.9. The number of hydrogen-bond donors (Lipinski definition) is 2. The van der Waals surface area contributed by atoms with Crippen LogP contribution in [0.1, 0.15) is 18.9 Å². The van der Waals surface area contributed by atoms with Gasteiger partial charge in [-0.3, -0.25) is 18.7 Å². The molecule has 9 nitrogen and oxygen atoms in total. The number of carboxylic acid groups (broad SMARTS) is 2. The minimum Gasteiger partial charge on any atom is -0.481 e. The third-order valence-corrected chi connectivity index (χ3v) is 4.77. The molecule has 0 fully saturated rings. The first-order valence-electron chi connectivity index (χ1n) is 8.54. The Labute approximate surface area is 158 Å². The second kappa shape index (κ2) is 7.18. The van der Waals surface area contributed by atoms with Crippen molar-refractivity contribution in [2.45, 2.75) is 18.9 Å². The van der Waals surface area contributed by atoms with Crippen LogP contribution in [0.15, 0.2) is 46.1 Å². The number of aliphatic carboxylic acids is 2. The molecule has 1 aromatic carbocycles. The lowest BCUT2D eigenvalue weighted by molar-refractivity contribution is -0.142. The molecular formula is C19H19N3O6. The summed E-state index contributed by atoms with van der Waals surface area (Å²) < 4.78 is 3.62. The first-order valence-corrected chi connectivity index (χ1v) is 8.54. The van der Waals surface area contributed by atoms with Gasteiger partial charge in [-0.2, -0.15) is 0 Å². The van der Waals surface area contributed by atoms with Gasteiger partial charge in [0.15, 0.2) is 0 Å². The Morgan fingerprint density at radius 1 is 1.04 bits per heavy atom. The van der Waals surface area contributed by atoms with Gasteiger partial charge in [0, 0.05) is 26.7 Å². The fourth-order valence-electron chi connectivity index (χ4n) is 3.34. The first-order chi connectivity index (χ1) is 13.2. The molecule has 2 heterocycles. The van der Waals surface area contributed by atoms with Crippen LogP contribution in [-0.2, 0) is 23.7 Å². The summed E-state index contributed by atoms with van der Waals surface area (Å²) in [5.41, 5.74) is 0.137. The molecule has 3 rings (SSSR count). The lowest BCUT2D eigenvalue weighted by atomic mass is 10.1. The average Bonchev–Trinajstić information content (AvgIpc) is 3.05. The van der Waals surface area contributed by atoms with Gasteiger partial charge in [-0.05, 0) is 12.0 Å². The Morgan fingerprint density at radius 3 is 2.25 bits per heavy atom. The molecule has 28 heavy (non-hydrogen) atoms. The number of carbonyl (C=O) groups is 2. The molecule has 0 aliphatic carbocycles. The second-order valence-electron chi connectivity index (χ2n) is 6.50. The van der Waals surface area contributed by atoms with E-state index in [2.05, 4.69) is 0 Å². The molecule has 2 N–H and O–H groups in total. The van der Waals surface area contributed by atoms with E-state index in [4.69, 9.17) is 5.11 Å². The van der Waals surface area contributed by atoms with Gasteiger partial charge >= 0.3 is 17.6 Å². The molecule has 3 aromatic rings. The number of aromatic nitrogens is 3. The van der Waals surface area contributed by atoms with Gasteiger partial charge in [-0.25, -0.2) is 9.59 Å². The van der Waals surface area contributed by atoms with Crippen LogP contribution in [-0.4, -0.2) is 35.9 Å². The maximum Gasteiger partial charge on any atom is 0.330 e. The fraction of sp³-hybridized carbons (Fsp3) is 0.263. The highest BCUT2D eigenvalue weighted by Crippen LogP contribution is 2.32. The summed E-state index contributed by atoms with van der Waals surface area (Å²) in [6.07, 6.45) is 0.914. The van der Waals surface area contributed by atoms with Crippen molar-refractivity contribution in [1.29, 1.82) is 0 Å². The molecule has 0 amide bonds. The number of hydrogen-bond acceptors (Lipinski definition) is 4. The van der Waals surface area contributed by atoms with E-state index in [-0.39, 0.29) is 23.7 Å². The standard InChI is InChI=1S/C19H19N3O6/c1-20-13-10-22(12(18(26)27)8-9-14(23)24)16(11-6-4-3-5-7-11)15(13)17(25)21(2)19(20)28/h3-7,10,12H,8-9H2,1-2H3,(H,23,24)(H,26,27)/t12-/m0/s1. The van der Waals surface area contributed by atoms with Gasteiger partial charge in [0.2, 0.25) is 0 Å². The van der Waals surface area contributed by atoms with Crippen molar-refractivity contribution in [3.05, 3.63) is 57.4 Å². The smallest absolute Gasteiger partial charge is 0.330 e. The molecule has 0 aliphatic rings. The molecule has 9 heteroatoms. The summed E-state index contributed by atoms with van der Waals surface area (Å²) in [7, 11) is 2.85. The molecule has 0 aliphatic heterocycles. The highest BCUT2D eigenvalue weighted by molar-refractivity contribution is 5.94. The molecule has 0 radical (unpaired) electrons. The summed E-state index contributed by atoms with van der Waals surface area (Å²) in [5.74, 6) is -2.34. The Balaban J connectivity index is 2.42. The second-order valence-corrected chi connectivity index (χ2v) is 6.50. The third kappa shape index (κ3) is 3.11. The van der Waals surface area contributed by atoms with E-state index in [0.29, 0.717) is 11.3 Å². The molecule has 0 spiro atoms. The quantitative estimate of drug-likeness (QED) is 0.657. The zero-order valence-electron chi connectivity index (χ0n) is 15.3. The van der Waals surface area contributed by atoms with Crippen molar-refractivity contribution in [2.75, 3.05) is 0 Å². The molecule has 0 unspecified atom stereocenters. The molecule has 0 saturated heterocycles. The molecule has 1 atom stereocenters. The maximum atomic E-state index is 12.9. The summed E-state index contributed by atoms with van der Waals surface area (Å²) >= 11 is 0. The Hall–Kier alpha value is -3.62. The predicted molar refractivity (Wildman–Crippen MR) is 101 cm³/mol. The van der Waals surface area contributed by atoms with Crippen molar-refractivity contribution in [1.82, 2.24) is 13.7 Å². The van der Waals surface area contributed by atoms with Gasteiger partial charge < -0.3 is 14.8 Å². The van der Waals surface area contributed by atoms with E-state index in [1.54, 1.807) is 30.3 Å². The normalized spacial score (nSPS) is 12.2. The van der Waals surface area contributed by atoms with Crippen LogP contribution < -0.4 is 11.2 Å². The van der Waals surface area contributed by atoms with Crippen molar-refractivity contribution < 1.29 is 19.8 Å². The van der Waals surface area contributed by atoms with Gasteiger partial charge in [0.25, 0.3) is 5.56 Å². The van der Waals surface area contributed by atoms with Crippen molar-refractivity contribution in [3.8, 4) is 11.3 Å². The third-order valence-electron chi connectivity index (χ3n) is 4.77. The number of benzene rings is 1. The van der Waals surface area contributed by atoms with Crippen LogP contribution in [0.4, 0.5) is 0 Å². The largest absolute Gasteiger partial charge is 0.481 e. The molecular weight excluding hydrogens is 366 g/mol. The Morgan fingerprint density at radius 2 is 1.68 bits per heavy atom. The van der Waals surface area contributed by atoms with E-state index in [1.807, 2.05) is 0 Å². The highest BCUT2D eigenvalue weighted by Gasteiger charge is 2.27. The lowest BCUT2D eigenvalue weighted by Crippen LogP contribution is -2.36. The van der Waals surface area contributed by atoms with Gasteiger partial charge in [-0.15, -0.1) is 0 Å². The van der Waals surface area contributed by atoms with Crippen LogP contribution in [0.5, 0.6) is 0 Å². The van der Waals surface area contributed by atoms with Crippen LogP contribution in [0.25, 0.3) is 22.2 Å². The summed E-state index contributed by atoms with van der Waals surface area (Å²) in [4.78, 5) is 48.1. The van der Waals surface area contributed by atoms with Gasteiger partial charge in [0.05, 0.1) is 16.6 Å². The van der Waals surface area contributed by atoms with Crippen molar-refractivity contribution in [2.24, 2.45) is 14.1 Å². The first kappa shape index (κ1) is 19.2. The highest BCUT2D eigenvalue weighted by atomic mass is 16.4. The summed E-state index contributed by atoms with van der Waals surface area (Å²) in [6.45, 7) is 0. The van der Waals surface area contributed by atoms with Crippen molar-refractivity contribution >= 4 is 22.8 Å². The number of aryl methyl sites for hydroxylation is 1. The predicted octanol–water partition coefficient (Wildman–Crippen LogP) is 1.20. The molecule has 2 aromatic heterocycles. The summed E-state index contributed by atoms with van der Waals surface area (Å²) in [5, 5.41) is 18.9. The van der Waals surface area contributed by atoms with Crippen LogP contribution >= 0.6 is 0 Å². The van der Waals surface area contributed by atoms with Crippen molar-refractivity contribution in [3.63, 3.8) is 0 Å². The number of nitrogens with zero attached hydrogens (tertiary/aromatic N) is 3. The fourth-order valence-corrected chi connectivity index (χ4v) is 3.34.